The number of benzene rings is 3. The lowest BCUT2D eigenvalue weighted by Gasteiger charge is -2.13. The number of hydrogen-bond donors (Lipinski definition) is 1. The fourth-order valence-corrected chi connectivity index (χ4v) is 4.76. The Morgan fingerprint density at radius 2 is 1.94 bits per heavy atom. The number of methoxy groups -OCH3 is 1. The predicted octanol–water partition coefficient (Wildman–Crippen LogP) is 7.14. The standard InChI is InChI=1S/C24H16BrCl2N3O5S/c1-34-19-9-14(16(25)11-20(19)35-12-13-4-2-5-15(8-13)30(32)33)10-21-23(31)29-24(36-21)28-18-7-3-6-17(26)22(18)27/h2-11H,12H2,1H3,(H,28,29,31)/b21-10+. The van der Waals surface area contributed by atoms with E-state index in [1.54, 1.807) is 48.5 Å². The topological polar surface area (TPSA) is 103 Å². The highest BCUT2D eigenvalue weighted by Crippen LogP contribution is 2.38. The maximum absolute atomic E-state index is 12.5. The quantitative estimate of drug-likeness (QED) is 0.174. The highest BCUT2D eigenvalue weighted by atomic mass is 79.9. The third-order valence-electron chi connectivity index (χ3n) is 4.89. The zero-order valence-electron chi connectivity index (χ0n) is 18.5. The number of rotatable bonds is 7. The average Bonchev–Trinajstić information content (AvgIpc) is 3.20. The fraction of sp³-hybridized carbons (Fsp3) is 0.0833. The van der Waals surface area contributed by atoms with Crippen LogP contribution in [-0.4, -0.2) is 23.1 Å². The minimum atomic E-state index is -0.458. The Kier molecular flexibility index (Phi) is 8.20. The Balaban J connectivity index is 1.54. The Morgan fingerprint density at radius 3 is 2.69 bits per heavy atom. The maximum atomic E-state index is 12.5. The fourth-order valence-electron chi connectivity index (χ4n) is 3.16. The van der Waals surface area contributed by atoms with Gasteiger partial charge in [-0.2, -0.15) is 0 Å². The molecule has 1 aliphatic heterocycles. The summed E-state index contributed by atoms with van der Waals surface area (Å²) < 4.78 is 12.0. The summed E-state index contributed by atoms with van der Waals surface area (Å²) in [4.78, 5) is 27.9. The van der Waals surface area contributed by atoms with Crippen molar-refractivity contribution in [3.8, 4) is 11.5 Å². The van der Waals surface area contributed by atoms with Crippen molar-refractivity contribution in [3.05, 3.63) is 95.3 Å². The van der Waals surface area contributed by atoms with Gasteiger partial charge in [-0.15, -0.1) is 0 Å². The molecule has 4 rings (SSSR count). The zero-order valence-corrected chi connectivity index (χ0v) is 22.4. The second-order valence-corrected chi connectivity index (χ2v) is 9.97. The monoisotopic (exact) mass is 607 g/mol. The molecule has 3 aromatic carbocycles. The summed E-state index contributed by atoms with van der Waals surface area (Å²) >= 11 is 16.9. The van der Waals surface area contributed by atoms with Gasteiger partial charge in [0.15, 0.2) is 16.7 Å². The van der Waals surface area contributed by atoms with Crippen LogP contribution >= 0.6 is 50.9 Å². The Hall–Kier alpha value is -3.05. The van der Waals surface area contributed by atoms with Crippen LogP contribution in [0.25, 0.3) is 6.08 Å². The summed E-state index contributed by atoms with van der Waals surface area (Å²) in [6.07, 6.45) is 1.69. The van der Waals surface area contributed by atoms with Crippen molar-refractivity contribution in [3.63, 3.8) is 0 Å². The molecule has 0 aliphatic carbocycles. The third-order valence-corrected chi connectivity index (χ3v) is 7.29. The number of aliphatic imine (C=N–C) groups is 1. The molecule has 0 atom stereocenters. The molecule has 0 unspecified atom stereocenters. The Bertz CT molecular complexity index is 1430. The van der Waals surface area contributed by atoms with E-state index in [1.807, 2.05) is 0 Å². The lowest BCUT2D eigenvalue weighted by Crippen LogP contribution is -2.19. The Morgan fingerprint density at radius 1 is 1.17 bits per heavy atom. The van der Waals surface area contributed by atoms with Crippen molar-refractivity contribution in [2.45, 2.75) is 6.61 Å². The van der Waals surface area contributed by atoms with Crippen molar-refractivity contribution in [2.75, 3.05) is 7.11 Å². The highest BCUT2D eigenvalue weighted by molar-refractivity contribution is 9.10. The summed E-state index contributed by atoms with van der Waals surface area (Å²) in [6.45, 7) is 0.106. The van der Waals surface area contributed by atoms with Crippen molar-refractivity contribution < 1.29 is 19.2 Å². The van der Waals surface area contributed by atoms with E-state index < -0.39 is 4.92 Å². The summed E-state index contributed by atoms with van der Waals surface area (Å²) in [5.74, 6) is 0.548. The number of nitro benzene ring substituents is 1. The molecule has 0 aromatic heterocycles. The van der Waals surface area contributed by atoms with Gasteiger partial charge in [-0.1, -0.05) is 57.3 Å². The molecule has 1 amide bonds. The van der Waals surface area contributed by atoms with Crippen LogP contribution < -0.4 is 14.8 Å². The van der Waals surface area contributed by atoms with Gasteiger partial charge < -0.3 is 14.8 Å². The van der Waals surface area contributed by atoms with Gasteiger partial charge in [-0.25, -0.2) is 4.99 Å². The van der Waals surface area contributed by atoms with Crippen LogP contribution in [-0.2, 0) is 11.4 Å². The van der Waals surface area contributed by atoms with Crippen LogP contribution in [0.4, 0.5) is 11.4 Å². The number of nitro groups is 1. The van der Waals surface area contributed by atoms with E-state index in [2.05, 4.69) is 26.2 Å². The van der Waals surface area contributed by atoms with Gasteiger partial charge in [0.25, 0.3) is 11.6 Å². The van der Waals surface area contributed by atoms with Crippen molar-refractivity contribution in [2.24, 2.45) is 4.99 Å². The number of amides is 1. The first-order chi connectivity index (χ1) is 17.2. The summed E-state index contributed by atoms with van der Waals surface area (Å²) in [6, 6.07) is 14.7. The first-order valence-electron chi connectivity index (χ1n) is 10.2. The van der Waals surface area contributed by atoms with Gasteiger partial charge in [0.2, 0.25) is 0 Å². The van der Waals surface area contributed by atoms with Crippen LogP contribution in [0.1, 0.15) is 11.1 Å². The molecule has 1 saturated heterocycles. The van der Waals surface area contributed by atoms with Gasteiger partial charge in [0.05, 0.1) is 32.7 Å². The molecule has 8 nitrogen and oxygen atoms in total. The number of halogens is 3. The molecule has 0 spiro atoms. The minimum Gasteiger partial charge on any atom is -0.493 e. The van der Waals surface area contributed by atoms with E-state index in [4.69, 9.17) is 32.7 Å². The summed E-state index contributed by atoms with van der Waals surface area (Å²) in [5.41, 5.74) is 1.74. The first kappa shape index (κ1) is 26.0. The van der Waals surface area contributed by atoms with Gasteiger partial charge >= 0.3 is 0 Å². The summed E-state index contributed by atoms with van der Waals surface area (Å²) in [7, 11) is 1.50. The van der Waals surface area contributed by atoms with Gasteiger partial charge in [-0.05, 0) is 53.2 Å². The number of carbonyl (C=O) groups is 1. The number of ether oxygens (including phenoxy) is 2. The molecule has 1 N–H and O–H groups in total. The minimum absolute atomic E-state index is 0.0147. The van der Waals surface area contributed by atoms with Crippen LogP contribution in [0.2, 0.25) is 10.0 Å². The number of amidine groups is 1. The van der Waals surface area contributed by atoms with Crippen molar-refractivity contribution in [1.82, 2.24) is 5.32 Å². The van der Waals surface area contributed by atoms with E-state index in [0.717, 1.165) is 11.8 Å². The molecular weight excluding hydrogens is 593 g/mol. The SMILES string of the molecule is COc1cc(/C=C2/SC(=Nc3cccc(Cl)c3Cl)NC2=O)c(Br)cc1OCc1cccc([N+](=O)[O-])c1. The largest absolute Gasteiger partial charge is 0.493 e. The zero-order chi connectivity index (χ0) is 25.8. The summed E-state index contributed by atoms with van der Waals surface area (Å²) in [5, 5.41) is 14.8. The van der Waals surface area contributed by atoms with E-state index in [9.17, 15) is 14.9 Å². The lowest BCUT2D eigenvalue weighted by atomic mass is 10.1. The smallest absolute Gasteiger partial charge is 0.269 e. The van der Waals surface area contributed by atoms with Gasteiger partial charge in [0, 0.05) is 16.6 Å². The molecule has 1 heterocycles. The second kappa shape index (κ2) is 11.3. The van der Waals surface area contributed by atoms with Crippen molar-refractivity contribution >= 4 is 79.4 Å². The molecule has 1 fully saturated rings. The van der Waals surface area contributed by atoms with E-state index >= 15 is 0 Å². The van der Waals surface area contributed by atoms with Crippen molar-refractivity contribution in [1.29, 1.82) is 0 Å². The van der Waals surface area contributed by atoms with Crippen LogP contribution in [0.3, 0.4) is 0 Å². The lowest BCUT2D eigenvalue weighted by molar-refractivity contribution is -0.384. The van der Waals surface area contributed by atoms with Crippen LogP contribution in [0.15, 0.2) is 69.0 Å². The van der Waals surface area contributed by atoms with E-state index in [-0.39, 0.29) is 18.2 Å². The molecule has 12 heteroatoms. The number of hydrogen-bond acceptors (Lipinski definition) is 7. The maximum Gasteiger partial charge on any atom is 0.269 e. The normalized spacial score (nSPS) is 15.3. The van der Waals surface area contributed by atoms with Crippen LogP contribution in [0.5, 0.6) is 11.5 Å². The molecule has 0 saturated carbocycles. The number of non-ortho nitro benzene ring substituents is 1. The average molecular weight is 609 g/mol. The third kappa shape index (κ3) is 6.01. The number of nitrogens with one attached hydrogen (secondary N) is 1. The van der Waals surface area contributed by atoms with Crippen LogP contribution in [0, 0.1) is 10.1 Å². The number of thioether (sulfide) groups is 1. The van der Waals surface area contributed by atoms with Gasteiger partial charge in [-0.3, -0.25) is 14.9 Å². The first-order valence-corrected chi connectivity index (χ1v) is 12.6. The van der Waals surface area contributed by atoms with Gasteiger partial charge in [0.1, 0.15) is 6.61 Å². The molecule has 0 radical (unpaired) electrons. The molecule has 3 aromatic rings. The predicted molar refractivity (Wildman–Crippen MR) is 145 cm³/mol. The Labute approximate surface area is 228 Å². The van der Waals surface area contributed by atoms with E-state index in [1.165, 1.54) is 19.2 Å². The molecule has 36 heavy (non-hydrogen) atoms. The molecule has 1 aliphatic rings. The molecule has 184 valence electrons. The number of nitrogens with zero attached hydrogens (tertiary/aromatic N) is 2. The second-order valence-electron chi connectivity index (χ2n) is 7.29. The van der Waals surface area contributed by atoms with E-state index in [0.29, 0.717) is 52.9 Å². The molecule has 0 bridgehead atoms. The number of carbonyl (C=O) groups excluding carboxylic acids is 1. The highest BCUT2D eigenvalue weighted by Gasteiger charge is 2.25. The molecular formula is C24H16BrCl2N3O5S.